The Kier molecular flexibility index (Phi) is 5.76. The number of fused-ring (bicyclic) bond motifs is 1. The van der Waals surface area contributed by atoms with Gasteiger partial charge in [0.15, 0.2) is 12.6 Å². The zero-order chi connectivity index (χ0) is 20.1. The van der Waals surface area contributed by atoms with Gasteiger partial charge in [0.2, 0.25) is 0 Å². The van der Waals surface area contributed by atoms with Gasteiger partial charge in [0.05, 0.1) is 12.7 Å². The summed E-state index contributed by atoms with van der Waals surface area (Å²) in [5, 5.41) is 59.6. The van der Waals surface area contributed by atoms with Crippen molar-refractivity contribution in [2.75, 3.05) is 6.61 Å². The highest BCUT2D eigenvalue weighted by molar-refractivity contribution is 5.75. The minimum atomic E-state index is -2.01. The van der Waals surface area contributed by atoms with Crippen LogP contribution in [0.4, 0.5) is 0 Å². The summed E-state index contributed by atoms with van der Waals surface area (Å²) in [5.41, 5.74) is 0. The maximum absolute atomic E-state index is 11.2. The Morgan fingerprint density at radius 1 is 1.04 bits per heavy atom. The van der Waals surface area contributed by atoms with Gasteiger partial charge in [-0.05, 0) is 6.92 Å². The van der Waals surface area contributed by atoms with Crippen LogP contribution in [0.15, 0.2) is 0 Å². The third-order valence-corrected chi connectivity index (χ3v) is 5.00. The number of aliphatic hydroxyl groups is 5. The van der Waals surface area contributed by atoms with Crippen molar-refractivity contribution < 1.29 is 59.1 Å². The molecule has 0 aliphatic carbocycles. The standard InChI is InChI=1S/C15H24O12/c1-4-6(16)11(9(19)12(20)24-4)26-13-8(18)7(17)10-5(25-13)3-23-15(2,27-10)14(21)22/h4-13,16-20H,3H2,1-2H3,(H,21,22)/t4-,5+,6-,7+,8+,9+,10+,11+,12+,13-,15+/m0/s1. The van der Waals surface area contributed by atoms with Gasteiger partial charge in [-0.2, -0.15) is 0 Å². The second kappa shape index (κ2) is 7.48. The molecular weight excluding hydrogens is 372 g/mol. The summed E-state index contributed by atoms with van der Waals surface area (Å²) < 4.78 is 26.3. The molecule has 0 aromatic carbocycles. The molecule has 3 saturated heterocycles. The van der Waals surface area contributed by atoms with Crippen molar-refractivity contribution in [2.24, 2.45) is 0 Å². The van der Waals surface area contributed by atoms with Crippen molar-refractivity contribution >= 4 is 5.97 Å². The van der Waals surface area contributed by atoms with E-state index >= 15 is 0 Å². The van der Waals surface area contributed by atoms with Gasteiger partial charge >= 0.3 is 5.97 Å². The number of carboxylic acid groups (broad SMARTS) is 1. The van der Waals surface area contributed by atoms with Gasteiger partial charge in [0.1, 0.15) is 42.7 Å². The molecule has 0 aromatic heterocycles. The van der Waals surface area contributed by atoms with Crippen molar-refractivity contribution in [1.82, 2.24) is 0 Å². The summed E-state index contributed by atoms with van der Waals surface area (Å²) in [4.78, 5) is 11.2. The zero-order valence-corrected chi connectivity index (χ0v) is 14.6. The fraction of sp³-hybridized carbons (Fsp3) is 0.933. The Balaban J connectivity index is 1.72. The molecule has 0 radical (unpaired) electrons. The zero-order valence-electron chi connectivity index (χ0n) is 14.6. The topological polar surface area (TPSA) is 185 Å². The van der Waals surface area contributed by atoms with Gasteiger partial charge in [-0.1, -0.05) is 0 Å². The molecule has 0 amide bonds. The fourth-order valence-corrected chi connectivity index (χ4v) is 3.27. The SMILES string of the molecule is C[C@@H]1O[C@@H](O)[C@H](O)[C@H](O[C@@H]2O[C@@H]3CO[C@@](C)(C(=O)O)O[C@H]3[C@H](O)[C@H]2O)[C@H]1O. The molecule has 12 heteroatoms. The number of aliphatic hydroxyl groups excluding tert-OH is 5. The quantitative estimate of drug-likeness (QED) is 0.277. The normalized spacial score (nSPS) is 53.6. The number of hydrogen-bond donors (Lipinski definition) is 6. The smallest absolute Gasteiger partial charge is 0.364 e. The molecule has 12 nitrogen and oxygen atoms in total. The molecule has 156 valence electrons. The lowest BCUT2D eigenvalue weighted by atomic mass is 9.96. The Hall–Kier alpha value is -0.930. The molecule has 3 heterocycles. The van der Waals surface area contributed by atoms with Crippen LogP contribution < -0.4 is 0 Å². The second-order valence-electron chi connectivity index (χ2n) is 6.98. The van der Waals surface area contributed by atoms with Gasteiger partial charge < -0.3 is 54.3 Å². The van der Waals surface area contributed by atoms with E-state index in [1.54, 1.807) is 0 Å². The van der Waals surface area contributed by atoms with Crippen LogP contribution in [0.3, 0.4) is 0 Å². The van der Waals surface area contributed by atoms with Crippen LogP contribution >= 0.6 is 0 Å². The predicted molar refractivity (Wildman–Crippen MR) is 81.0 cm³/mol. The van der Waals surface area contributed by atoms with Gasteiger partial charge in [-0.25, -0.2) is 4.79 Å². The molecule has 0 aromatic rings. The molecule has 0 bridgehead atoms. The molecule has 3 rings (SSSR count). The summed E-state index contributed by atoms with van der Waals surface area (Å²) in [6, 6.07) is 0. The Morgan fingerprint density at radius 3 is 2.33 bits per heavy atom. The first-order chi connectivity index (χ1) is 12.5. The number of rotatable bonds is 3. The van der Waals surface area contributed by atoms with Crippen molar-refractivity contribution in [2.45, 2.75) is 81.0 Å². The average Bonchev–Trinajstić information content (AvgIpc) is 2.61. The highest BCUT2D eigenvalue weighted by Crippen LogP contribution is 2.34. The summed E-state index contributed by atoms with van der Waals surface area (Å²) in [7, 11) is 0. The van der Waals surface area contributed by atoms with E-state index in [0.717, 1.165) is 6.92 Å². The molecule has 6 N–H and O–H groups in total. The van der Waals surface area contributed by atoms with E-state index in [4.69, 9.17) is 28.8 Å². The highest BCUT2D eigenvalue weighted by Gasteiger charge is 2.55. The molecule has 0 spiro atoms. The van der Waals surface area contributed by atoms with E-state index < -0.39 is 73.2 Å². The number of carbonyl (C=O) groups is 1. The van der Waals surface area contributed by atoms with Crippen LogP contribution in [0, 0.1) is 0 Å². The van der Waals surface area contributed by atoms with E-state index in [2.05, 4.69) is 0 Å². The minimum absolute atomic E-state index is 0.269. The third-order valence-electron chi connectivity index (χ3n) is 5.00. The number of aliphatic carboxylic acids is 1. The van der Waals surface area contributed by atoms with E-state index in [1.807, 2.05) is 0 Å². The summed E-state index contributed by atoms with van der Waals surface area (Å²) in [5.74, 6) is -3.41. The van der Waals surface area contributed by atoms with Crippen LogP contribution in [0.1, 0.15) is 13.8 Å². The van der Waals surface area contributed by atoms with E-state index in [0.29, 0.717) is 0 Å². The second-order valence-corrected chi connectivity index (χ2v) is 6.98. The number of carboxylic acids is 1. The van der Waals surface area contributed by atoms with Crippen molar-refractivity contribution in [3.63, 3.8) is 0 Å². The first-order valence-electron chi connectivity index (χ1n) is 8.47. The lowest BCUT2D eigenvalue weighted by molar-refractivity contribution is -0.394. The molecule has 27 heavy (non-hydrogen) atoms. The Morgan fingerprint density at radius 2 is 1.70 bits per heavy atom. The lowest BCUT2D eigenvalue weighted by Gasteiger charge is -2.49. The largest absolute Gasteiger partial charge is 0.477 e. The number of hydrogen-bond acceptors (Lipinski definition) is 11. The maximum Gasteiger partial charge on any atom is 0.364 e. The lowest BCUT2D eigenvalue weighted by Crippen LogP contribution is -2.68. The Bertz CT molecular complexity index is 543. The molecular formula is C15H24O12. The molecule has 0 unspecified atom stereocenters. The van der Waals surface area contributed by atoms with Gasteiger partial charge in [0.25, 0.3) is 5.79 Å². The predicted octanol–water partition coefficient (Wildman–Crippen LogP) is -3.51. The van der Waals surface area contributed by atoms with Gasteiger partial charge in [0, 0.05) is 6.92 Å². The number of ether oxygens (including phenoxy) is 5. The summed E-state index contributed by atoms with van der Waals surface area (Å²) in [6.45, 7) is 2.34. The Labute approximate surface area is 153 Å². The molecule has 11 atom stereocenters. The fourth-order valence-electron chi connectivity index (χ4n) is 3.27. The average molecular weight is 396 g/mol. The van der Waals surface area contributed by atoms with Gasteiger partial charge in [-0.15, -0.1) is 0 Å². The highest BCUT2D eigenvalue weighted by atomic mass is 16.8. The van der Waals surface area contributed by atoms with Crippen LogP contribution in [0.5, 0.6) is 0 Å². The molecule has 3 fully saturated rings. The molecule has 0 saturated carbocycles. The van der Waals surface area contributed by atoms with Gasteiger partial charge in [-0.3, -0.25) is 0 Å². The molecule has 3 aliphatic heterocycles. The summed E-state index contributed by atoms with van der Waals surface area (Å²) in [6.07, 6.45) is -13.8. The first kappa shape index (κ1) is 20.8. The van der Waals surface area contributed by atoms with Crippen molar-refractivity contribution in [1.29, 1.82) is 0 Å². The van der Waals surface area contributed by atoms with E-state index in [-0.39, 0.29) is 6.61 Å². The minimum Gasteiger partial charge on any atom is -0.477 e. The van der Waals surface area contributed by atoms with Crippen molar-refractivity contribution in [3.05, 3.63) is 0 Å². The van der Waals surface area contributed by atoms with Crippen LogP contribution in [0.2, 0.25) is 0 Å². The van der Waals surface area contributed by atoms with Crippen LogP contribution in [-0.2, 0) is 28.5 Å². The monoisotopic (exact) mass is 396 g/mol. The first-order valence-corrected chi connectivity index (χ1v) is 8.47. The van der Waals surface area contributed by atoms with Crippen molar-refractivity contribution in [3.8, 4) is 0 Å². The maximum atomic E-state index is 11.2. The van der Waals surface area contributed by atoms with Crippen LogP contribution in [-0.4, -0.2) is 110 Å². The third kappa shape index (κ3) is 3.70. The van der Waals surface area contributed by atoms with E-state index in [1.165, 1.54) is 6.92 Å². The summed E-state index contributed by atoms with van der Waals surface area (Å²) >= 11 is 0. The molecule has 3 aliphatic rings. The van der Waals surface area contributed by atoms with Crippen LogP contribution in [0.25, 0.3) is 0 Å². The van der Waals surface area contributed by atoms with E-state index in [9.17, 15) is 30.3 Å².